The second-order valence-electron chi connectivity index (χ2n) is 10.3. The molecule has 7 heteroatoms. The summed E-state index contributed by atoms with van der Waals surface area (Å²) in [7, 11) is 0. The second-order valence-corrected chi connectivity index (χ2v) is 10.3. The predicted molar refractivity (Wildman–Crippen MR) is 151 cm³/mol. The molecule has 1 aliphatic rings. The number of benzene rings is 3. The molecule has 7 nitrogen and oxygen atoms in total. The Balaban J connectivity index is 1.85. The highest BCUT2D eigenvalue weighted by molar-refractivity contribution is 6.51. The number of aliphatic hydroxyl groups is 1. The van der Waals surface area contributed by atoms with Crippen molar-refractivity contribution in [3.8, 4) is 17.2 Å². The minimum atomic E-state index is -0.950. The first-order valence-electron chi connectivity index (χ1n) is 13.2. The van der Waals surface area contributed by atoms with E-state index in [1.165, 1.54) is 17.0 Å². The maximum absolute atomic E-state index is 13.5. The molecule has 1 amide bonds. The maximum atomic E-state index is 13.5. The lowest BCUT2D eigenvalue weighted by atomic mass is 9.93. The van der Waals surface area contributed by atoms with Crippen LogP contribution in [0.2, 0.25) is 0 Å². The topological polar surface area (TPSA) is 96.3 Å². The third kappa shape index (κ3) is 5.77. The molecule has 4 rings (SSSR count). The summed E-state index contributed by atoms with van der Waals surface area (Å²) < 4.78 is 11.5. The number of amides is 1. The van der Waals surface area contributed by atoms with Crippen molar-refractivity contribution in [3.05, 3.63) is 89.0 Å². The Labute approximate surface area is 229 Å². The molecular formula is C32H35NO6. The van der Waals surface area contributed by atoms with Crippen molar-refractivity contribution >= 4 is 23.1 Å². The van der Waals surface area contributed by atoms with Crippen LogP contribution in [0.5, 0.6) is 17.2 Å². The van der Waals surface area contributed by atoms with E-state index >= 15 is 0 Å². The fraction of sp³-hybridized carbons (Fsp3) is 0.312. The Morgan fingerprint density at radius 3 is 2.28 bits per heavy atom. The number of carbonyl (C=O) groups excluding carboxylic acids is 2. The fourth-order valence-corrected chi connectivity index (χ4v) is 4.66. The first-order chi connectivity index (χ1) is 18.6. The zero-order valence-electron chi connectivity index (χ0n) is 23.0. The van der Waals surface area contributed by atoms with Crippen molar-refractivity contribution in [1.82, 2.24) is 0 Å². The number of rotatable bonds is 9. The van der Waals surface area contributed by atoms with Gasteiger partial charge < -0.3 is 19.7 Å². The Morgan fingerprint density at radius 1 is 0.949 bits per heavy atom. The first kappa shape index (κ1) is 27.8. The van der Waals surface area contributed by atoms with Gasteiger partial charge in [0.05, 0.1) is 24.8 Å². The molecule has 1 saturated heterocycles. The van der Waals surface area contributed by atoms with Gasteiger partial charge in [-0.05, 0) is 84.5 Å². The van der Waals surface area contributed by atoms with Crippen LogP contribution in [0.1, 0.15) is 63.3 Å². The number of aromatic hydroxyl groups is 1. The molecule has 39 heavy (non-hydrogen) atoms. The number of carbonyl (C=O) groups is 2. The van der Waals surface area contributed by atoms with Crippen LogP contribution in [0.4, 0.5) is 5.69 Å². The molecule has 1 heterocycles. The number of nitrogens with zero attached hydrogens (tertiary/aromatic N) is 1. The highest BCUT2D eigenvalue weighted by Gasteiger charge is 2.47. The number of hydrogen-bond donors (Lipinski definition) is 2. The number of Topliss-reactive ketones (excluding diaryl/α,β-unsaturated/α-hetero) is 1. The summed E-state index contributed by atoms with van der Waals surface area (Å²) >= 11 is 0. The van der Waals surface area contributed by atoms with Crippen LogP contribution in [0.15, 0.2) is 72.3 Å². The number of ether oxygens (including phenoxy) is 2. The molecule has 204 valence electrons. The Hall–Kier alpha value is -4.26. The highest BCUT2D eigenvalue weighted by atomic mass is 16.5. The quantitative estimate of drug-likeness (QED) is 0.185. The molecule has 1 atom stereocenters. The van der Waals surface area contributed by atoms with Crippen molar-refractivity contribution in [2.75, 3.05) is 18.1 Å². The number of anilines is 1. The van der Waals surface area contributed by atoms with Gasteiger partial charge in [-0.25, -0.2) is 0 Å². The molecule has 2 N–H and O–H groups in total. The monoisotopic (exact) mass is 529 g/mol. The zero-order valence-corrected chi connectivity index (χ0v) is 23.0. The standard InChI is InChI=1S/C32H35NO6/c1-6-38-27-15-10-22(17-26(27)20(4)5)30(35)28-29(21-8-7-9-24(34)16-21)33(32(37)31(28)36)23-11-13-25(14-12-23)39-18-19(2)3/h7-17,19-20,29,34-35H,6,18H2,1-5H3/b30-28-. The van der Waals surface area contributed by atoms with Crippen molar-refractivity contribution < 1.29 is 29.3 Å². The average Bonchev–Trinajstić information content (AvgIpc) is 3.17. The summed E-state index contributed by atoms with van der Waals surface area (Å²) in [5, 5.41) is 21.7. The number of ketones is 1. The predicted octanol–water partition coefficient (Wildman–Crippen LogP) is 6.58. The van der Waals surface area contributed by atoms with Crippen molar-refractivity contribution in [2.45, 2.75) is 46.6 Å². The molecule has 0 bridgehead atoms. The van der Waals surface area contributed by atoms with Gasteiger partial charge in [0.2, 0.25) is 0 Å². The molecule has 1 aliphatic heterocycles. The van der Waals surface area contributed by atoms with Gasteiger partial charge in [-0.3, -0.25) is 14.5 Å². The fourth-order valence-electron chi connectivity index (χ4n) is 4.66. The summed E-state index contributed by atoms with van der Waals surface area (Å²) in [5.74, 6) is -0.0733. The van der Waals surface area contributed by atoms with E-state index in [0.717, 1.165) is 5.56 Å². The molecular weight excluding hydrogens is 494 g/mol. The molecule has 0 aromatic heterocycles. The van der Waals surface area contributed by atoms with Gasteiger partial charge in [-0.2, -0.15) is 0 Å². The molecule has 1 fully saturated rings. The van der Waals surface area contributed by atoms with Crippen LogP contribution in [0.25, 0.3) is 5.76 Å². The number of phenols is 1. The number of aliphatic hydroxyl groups excluding tert-OH is 1. The largest absolute Gasteiger partial charge is 0.508 e. The van der Waals surface area contributed by atoms with Gasteiger partial charge in [0, 0.05) is 11.3 Å². The molecule has 0 aliphatic carbocycles. The Morgan fingerprint density at radius 2 is 1.67 bits per heavy atom. The third-order valence-corrected chi connectivity index (χ3v) is 6.53. The van der Waals surface area contributed by atoms with Crippen LogP contribution in [0, 0.1) is 5.92 Å². The summed E-state index contributed by atoms with van der Waals surface area (Å²) in [6.45, 7) is 11.1. The van der Waals surface area contributed by atoms with E-state index in [2.05, 4.69) is 13.8 Å². The SMILES string of the molecule is CCOc1ccc(/C(O)=C2/C(=O)C(=O)N(c3ccc(OCC(C)C)cc3)C2c2cccc(O)c2)cc1C(C)C. The normalized spacial score (nSPS) is 16.8. The Bertz CT molecular complexity index is 1390. The molecule has 3 aromatic carbocycles. The van der Waals surface area contributed by atoms with Crippen molar-refractivity contribution in [3.63, 3.8) is 0 Å². The van der Waals surface area contributed by atoms with Crippen molar-refractivity contribution in [2.24, 2.45) is 5.92 Å². The van der Waals surface area contributed by atoms with Crippen LogP contribution in [0.3, 0.4) is 0 Å². The zero-order chi connectivity index (χ0) is 28.3. The van der Waals surface area contributed by atoms with Gasteiger partial charge >= 0.3 is 0 Å². The van der Waals surface area contributed by atoms with Crippen molar-refractivity contribution in [1.29, 1.82) is 0 Å². The smallest absolute Gasteiger partial charge is 0.300 e. The number of hydrogen-bond acceptors (Lipinski definition) is 6. The van der Waals surface area contributed by atoms with E-state index < -0.39 is 17.7 Å². The molecule has 0 saturated carbocycles. The lowest BCUT2D eigenvalue weighted by Crippen LogP contribution is -2.29. The maximum Gasteiger partial charge on any atom is 0.300 e. The van der Waals surface area contributed by atoms with Gasteiger partial charge in [0.15, 0.2) is 0 Å². The summed E-state index contributed by atoms with van der Waals surface area (Å²) in [6.07, 6.45) is 0. The average molecular weight is 530 g/mol. The van der Waals surface area contributed by atoms with Gasteiger partial charge in [-0.15, -0.1) is 0 Å². The van der Waals surface area contributed by atoms with Crippen LogP contribution < -0.4 is 14.4 Å². The third-order valence-electron chi connectivity index (χ3n) is 6.53. The van der Waals surface area contributed by atoms with Gasteiger partial charge in [-0.1, -0.05) is 39.8 Å². The summed E-state index contributed by atoms with van der Waals surface area (Å²) in [6, 6.07) is 17.6. The highest BCUT2D eigenvalue weighted by Crippen LogP contribution is 2.43. The van der Waals surface area contributed by atoms with E-state index in [9.17, 15) is 19.8 Å². The first-order valence-corrected chi connectivity index (χ1v) is 13.2. The number of phenolic OH excluding ortho intramolecular Hbond substituents is 1. The molecule has 0 spiro atoms. The minimum absolute atomic E-state index is 0.0151. The Kier molecular flexibility index (Phi) is 8.29. The van der Waals surface area contributed by atoms with Gasteiger partial charge in [0.1, 0.15) is 23.0 Å². The van der Waals surface area contributed by atoms with Gasteiger partial charge in [0.25, 0.3) is 11.7 Å². The van der Waals surface area contributed by atoms with Crippen LogP contribution in [-0.2, 0) is 9.59 Å². The molecule has 0 radical (unpaired) electrons. The molecule has 3 aromatic rings. The van der Waals surface area contributed by atoms with E-state index in [1.54, 1.807) is 54.6 Å². The lowest BCUT2D eigenvalue weighted by molar-refractivity contribution is -0.132. The second kappa shape index (κ2) is 11.6. The van der Waals surface area contributed by atoms with Crippen LogP contribution in [-0.4, -0.2) is 35.1 Å². The van der Waals surface area contributed by atoms with E-state index in [4.69, 9.17) is 9.47 Å². The molecule has 1 unspecified atom stereocenters. The van der Waals surface area contributed by atoms with E-state index in [1.807, 2.05) is 20.8 Å². The lowest BCUT2D eigenvalue weighted by Gasteiger charge is -2.26. The minimum Gasteiger partial charge on any atom is -0.508 e. The van der Waals surface area contributed by atoms with Crippen LogP contribution >= 0.6 is 0 Å². The summed E-state index contributed by atoms with van der Waals surface area (Å²) in [4.78, 5) is 28.3. The summed E-state index contributed by atoms with van der Waals surface area (Å²) in [5.41, 5.74) is 2.19. The van der Waals surface area contributed by atoms with E-state index in [-0.39, 0.29) is 23.0 Å². The van der Waals surface area contributed by atoms with E-state index in [0.29, 0.717) is 47.4 Å².